The summed E-state index contributed by atoms with van der Waals surface area (Å²) in [6.45, 7) is 0.818. The number of alkyl halides is 3. The summed E-state index contributed by atoms with van der Waals surface area (Å²) in [4.78, 5) is 26.9. The van der Waals surface area contributed by atoms with Gasteiger partial charge >= 0.3 is 6.18 Å². The number of rotatable bonds is 9. The Bertz CT molecular complexity index is 1530. The first-order valence-electron chi connectivity index (χ1n) is 13.2. The molecular formula is C30H29F3N4O4. The van der Waals surface area contributed by atoms with E-state index in [0.717, 1.165) is 11.6 Å². The summed E-state index contributed by atoms with van der Waals surface area (Å²) < 4.78 is 45.6. The molecule has 1 atom stereocenters. The third kappa shape index (κ3) is 6.02. The average molecular weight is 567 g/mol. The normalized spacial score (nSPS) is 16.5. The van der Waals surface area contributed by atoms with Crippen molar-refractivity contribution in [2.24, 2.45) is 0 Å². The van der Waals surface area contributed by atoms with Gasteiger partial charge < -0.3 is 9.67 Å². The Kier molecular flexibility index (Phi) is 7.94. The van der Waals surface area contributed by atoms with Crippen LogP contribution in [-0.4, -0.2) is 75.6 Å². The molecule has 0 bridgehead atoms. The number of aliphatic hydroxyl groups is 1. The zero-order chi connectivity index (χ0) is 29.2. The maximum Gasteiger partial charge on any atom is 0.422 e. The van der Waals surface area contributed by atoms with Crippen molar-refractivity contribution in [1.29, 1.82) is 0 Å². The Morgan fingerprint density at radius 3 is 2.12 bits per heavy atom. The van der Waals surface area contributed by atoms with Gasteiger partial charge in [0.25, 0.3) is 5.69 Å². The molecule has 1 saturated heterocycles. The number of ketones is 1. The fraction of sp³-hybridized carbons (Fsp3) is 0.300. The lowest BCUT2D eigenvalue weighted by atomic mass is 9.91. The van der Waals surface area contributed by atoms with Crippen molar-refractivity contribution in [3.05, 3.63) is 112 Å². The zero-order valence-electron chi connectivity index (χ0n) is 22.1. The lowest BCUT2D eigenvalue weighted by Gasteiger charge is -2.40. The highest BCUT2D eigenvalue weighted by atomic mass is 19.4. The number of Topliss-reactive ketones (excluding diaryl/α,β-unsaturated/α-hetero) is 1. The number of benzene rings is 3. The Labute approximate surface area is 234 Å². The van der Waals surface area contributed by atoms with E-state index >= 15 is 0 Å². The average Bonchev–Trinajstić information content (AvgIpc) is 3.32. The van der Waals surface area contributed by atoms with Crippen LogP contribution in [0.5, 0.6) is 0 Å². The van der Waals surface area contributed by atoms with Crippen LogP contribution in [-0.2, 0) is 12.1 Å². The molecule has 2 heterocycles. The molecule has 4 aromatic rings. The number of nitro groups is 1. The number of fused-ring (bicyclic) bond motifs is 1. The fourth-order valence-corrected chi connectivity index (χ4v) is 5.31. The van der Waals surface area contributed by atoms with Gasteiger partial charge in [-0.2, -0.15) is 13.2 Å². The number of nitrogens with zero attached hydrogens (tertiary/aromatic N) is 4. The van der Waals surface area contributed by atoms with Crippen molar-refractivity contribution in [3.63, 3.8) is 0 Å². The van der Waals surface area contributed by atoms with E-state index in [0.29, 0.717) is 18.7 Å². The summed E-state index contributed by atoms with van der Waals surface area (Å²) in [7, 11) is 0. The van der Waals surface area contributed by atoms with E-state index in [4.69, 9.17) is 0 Å². The minimum Gasteiger partial charge on any atom is -0.375 e. The zero-order valence-corrected chi connectivity index (χ0v) is 22.1. The number of aromatic nitrogens is 1. The third-order valence-electron chi connectivity index (χ3n) is 7.57. The Hall–Kier alpha value is -4.06. The number of hydrogen-bond donors (Lipinski definition) is 1. The van der Waals surface area contributed by atoms with Gasteiger partial charge in [0.15, 0.2) is 5.78 Å². The second-order valence-electron chi connectivity index (χ2n) is 10.3. The molecule has 214 valence electrons. The molecule has 0 radical (unpaired) electrons. The van der Waals surface area contributed by atoms with Gasteiger partial charge in [-0.05, 0) is 11.6 Å². The SMILES string of the molecule is O=C(CN1CCN(CC(O)(c2cn(Cc3ccccc3)c3cc([N+](=O)[O-])ccc23)C(F)(F)F)CC1)c1ccccc1. The molecule has 3 aromatic carbocycles. The third-order valence-corrected chi connectivity index (χ3v) is 7.57. The highest BCUT2D eigenvalue weighted by molar-refractivity contribution is 5.97. The second-order valence-corrected chi connectivity index (χ2v) is 10.3. The fourth-order valence-electron chi connectivity index (χ4n) is 5.31. The first kappa shape index (κ1) is 28.5. The van der Waals surface area contributed by atoms with E-state index in [1.165, 1.54) is 22.9 Å². The van der Waals surface area contributed by atoms with Crippen LogP contribution >= 0.6 is 0 Å². The quantitative estimate of drug-likeness (QED) is 0.177. The molecule has 1 aromatic heterocycles. The van der Waals surface area contributed by atoms with Gasteiger partial charge in [-0.15, -0.1) is 0 Å². The first-order chi connectivity index (χ1) is 19.5. The van der Waals surface area contributed by atoms with Gasteiger partial charge in [-0.1, -0.05) is 60.7 Å². The van der Waals surface area contributed by atoms with E-state index in [1.54, 1.807) is 53.4 Å². The van der Waals surface area contributed by atoms with Crippen LogP contribution in [0.2, 0.25) is 0 Å². The largest absolute Gasteiger partial charge is 0.422 e. The topological polar surface area (TPSA) is 91.8 Å². The molecule has 1 aliphatic rings. The number of carbonyl (C=O) groups excluding carboxylic acids is 1. The van der Waals surface area contributed by atoms with E-state index in [2.05, 4.69) is 0 Å². The van der Waals surface area contributed by atoms with E-state index in [9.17, 15) is 33.2 Å². The summed E-state index contributed by atoms with van der Waals surface area (Å²) in [5.74, 6) is -0.0637. The molecule has 41 heavy (non-hydrogen) atoms. The number of nitro benzene ring substituents is 1. The van der Waals surface area contributed by atoms with Crippen LogP contribution < -0.4 is 0 Å². The minimum absolute atomic E-state index is 0.0637. The number of carbonyl (C=O) groups is 1. The lowest BCUT2D eigenvalue weighted by molar-refractivity contribution is -0.384. The van der Waals surface area contributed by atoms with Crippen molar-refractivity contribution in [1.82, 2.24) is 14.4 Å². The van der Waals surface area contributed by atoms with Crippen LogP contribution in [0.3, 0.4) is 0 Å². The van der Waals surface area contributed by atoms with E-state index < -0.39 is 23.2 Å². The van der Waals surface area contributed by atoms with E-state index in [1.807, 2.05) is 17.0 Å². The predicted molar refractivity (Wildman–Crippen MR) is 148 cm³/mol. The number of hydrogen-bond acceptors (Lipinski definition) is 6. The van der Waals surface area contributed by atoms with Crippen LogP contribution in [0.25, 0.3) is 10.9 Å². The molecule has 5 rings (SSSR count). The minimum atomic E-state index is -5.03. The maximum absolute atomic E-state index is 14.7. The lowest BCUT2D eigenvalue weighted by Crippen LogP contribution is -2.56. The Balaban J connectivity index is 1.41. The predicted octanol–water partition coefficient (Wildman–Crippen LogP) is 4.85. The van der Waals surface area contributed by atoms with E-state index in [-0.39, 0.29) is 54.1 Å². The molecule has 0 aliphatic carbocycles. The first-order valence-corrected chi connectivity index (χ1v) is 13.2. The second kappa shape index (κ2) is 11.4. The van der Waals surface area contributed by atoms with Crippen LogP contribution in [0.4, 0.5) is 18.9 Å². The van der Waals surface area contributed by atoms with Crippen LogP contribution in [0.15, 0.2) is 85.1 Å². The molecule has 0 spiro atoms. The Morgan fingerprint density at radius 2 is 1.51 bits per heavy atom. The summed E-state index contributed by atoms with van der Waals surface area (Å²) >= 11 is 0. The molecule has 8 nitrogen and oxygen atoms in total. The molecule has 0 amide bonds. The molecule has 1 N–H and O–H groups in total. The number of β-amino-alcohol motifs (C(OH)–C–C–N with tert-alkyl or cyclic N) is 1. The summed E-state index contributed by atoms with van der Waals surface area (Å²) in [5, 5.41) is 23.0. The number of piperazine rings is 1. The number of halogens is 3. The van der Waals surface area contributed by atoms with Gasteiger partial charge in [0.1, 0.15) is 0 Å². The molecule has 1 unspecified atom stereocenters. The highest BCUT2D eigenvalue weighted by Crippen LogP contribution is 2.44. The molecule has 1 fully saturated rings. The Morgan fingerprint density at radius 1 is 0.902 bits per heavy atom. The highest BCUT2D eigenvalue weighted by Gasteiger charge is 2.57. The summed E-state index contributed by atoms with van der Waals surface area (Å²) in [6.07, 6.45) is -3.77. The maximum atomic E-state index is 14.7. The van der Waals surface area contributed by atoms with Crippen molar-refractivity contribution >= 4 is 22.4 Å². The van der Waals surface area contributed by atoms with Gasteiger partial charge in [0.2, 0.25) is 5.60 Å². The summed E-state index contributed by atoms with van der Waals surface area (Å²) in [5.41, 5.74) is -2.25. The smallest absolute Gasteiger partial charge is 0.375 e. The summed E-state index contributed by atoms with van der Waals surface area (Å²) in [6, 6.07) is 21.5. The molecule has 1 aliphatic heterocycles. The van der Waals surface area contributed by atoms with Crippen LogP contribution in [0, 0.1) is 10.1 Å². The van der Waals surface area contributed by atoms with Gasteiger partial charge in [-0.25, -0.2) is 0 Å². The van der Waals surface area contributed by atoms with Gasteiger partial charge in [0.05, 0.1) is 17.0 Å². The van der Waals surface area contributed by atoms with Crippen LogP contribution in [0.1, 0.15) is 21.5 Å². The van der Waals surface area contributed by atoms with Crippen molar-refractivity contribution in [2.45, 2.75) is 18.3 Å². The monoisotopic (exact) mass is 566 g/mol. The van der Waals surface area contributed by atoms with Crippen molar-refractivity contribution < 1.29 is 28.0 Å². The molecule has 0 saturated carbocycles. The standard InChI is InChI=1S/C30H29F3N4O4/c31-30(32,33)29(39,21-35-15-13-34(14-16-35)20-28(38)23-9-5-2-6-10-23)26-19-36(18-22-7-3-1-4-8-22)27-17-24(37(40)41)11-12-25(26)27/h1-12,17,19,39H,13-16,18,20-21H2. The molecule has 11 heteroatoms. The van der Waals surface area contributed by atoms with Crippen molar-refractivity contribution in [2.75, 3.05) is 39.3 Å². The molecular weight excluding hydrogens is 537 g/mol. The van der Waals surface area contributed by atoms with Crippen molar-refractivity contribution in [3.8, 4) is 0 Å². The number of non-ortho nitro benzene ring substituents is 1. The van der Waals surface area contributed by atoms with Gasteiger partial charge in [-0.3, -0.25) is 24.7 Å². The van der Waals surface area contributed by atoms with Gasteiger partial charge in [0, 0.05) is 74.1 Å².